The van der Waals surface area contributed by atoms with Crippen molar-refractivity contribution >= 4 is 0 Å². The third-order valence-corrected chi connectivity index (χ3v) is 3.86. The predicted octanol–water partition coefficient (Wildman–Crippen LogP) is 2.19. The highest BCUT2D eigenvalue weighted by molar-refractivity contribution is 5.29. The topological polar surface area (TPSA) is 47.7 Å². The zero-order chi connectivity index (χ0) is 14.5. The first-order valence-electron chi connectivity index (χ1n) is 7.45. The highest BCUT2D eigenvalue weighted by Crippen LogP contribution is 2.27. The minimum Gasteiger partial charge on any atom is -0.494 e. The molecule has 1 aliphatic rings. The van der Waals surface area contributed by atoms with Crippen molar-refractivity contribution in [3.63, 3.8) is 0 Å². The molecule has 3 unspecified atom stereocenters. The maximum absolute atomic E-state index is 6.03. The summed E-state index contributed by atoms with van der Waals surface area (Å²) in [6, 6.07) is 8.93. The largest absolute Gasteiger partial charge is 0.494 e. The molecule has 4 nitrogen and oxygen atoms in total. The molecule has 1 aromatic carbocycles. The smallest absolute Gasteiger partial charge is 0.119 e. The lowest BCUT2D eigenvalue weighted by molar-refractivity contribution is -0.0653. The van der Waals surface area contributed by atoms with Gasteiger partial charge in [-0.05, 0) is 38.5 Å². The van der Waals surface area contributed by atoms with E-state index in [9.17, 15) is 0 Å². The van der Waals surface area contributed by atoms with E-state index in [4.69, 9.17) is 15.2 Å². The van der Waals surface area contributed by atoms with Crippen LogP contribution in [-0.2, 0) is 4.74 Å². The van der Waals surface area contributed by atoms with Crippen LogP contribution in [0, 0.1) is 0 Å². The summed E-state index contributed by atoms with van der Waals surface area (Å²) in [6.07, 6.45) is 0.267. The summed E-state index contributed by atoms with van der Waals surface area (Å²) in [4.78, 5) is 2.45. The van der Waals surface area contributed by atoms with Crippen LogP contribution in [-0.4, -0.2) is 43.3 Å². The van der Waals surface area contributed by atoms with Gasteiger partial charge >= 0.3 is 0 Å². The molecule has 2 rings (SSSR count). The first kappa shape index (κ1) is 15.3. The molecule has 0 bridgehead atoms. The Balaban J connectivity index is 2.14. The van der Waals surface area contributed by atoms with E-state index in [2.05, 4.69) is 30.9 Å². The van der Waals surface area contributed by atoms with Gasteiger partial charge in [0, 0.05) is 25.2 Å². The molecule has 112 valence electrons. The fourth-order valence-corrected chi connectivity index (χ4v) is 2.78. The molecule has 0 amide bonds. The summed E-state index contributed by atoms with van der Waals surface area (Å²) >= 11 is 0. The van der Waals surface area contributed by atoms with Crippen LogP contribution in [0.5, 0.6) is 5.75 Å². The molecular formula is C16H26N2O2. The molecule has 1 aliphatic heterocycles. The molecule has 2 N–H and O–H groups in total. The first-order valence-corrected chi connectivity index (χ1v) is 7.45. The lowest BCUT2D eigenvalue weighted by Crippen LogP contribution is -2.50. The highest BCUT2D eigenvalue weighted by atomic mass is 16.5. The molecule has 0 radical (unpaired) electrons. The number of rotatable bonds is 5. The van der Waals surface area contributed by atoms with Crippen molar-refractivity contribution in [2.75, 3.05) is 26.3 Å². The molecule has 20 heavy (non-hydrogen) atoms. The van der Waals surface area contributed by atoms with Crippen LogP contribution in [0.15, 0.2) is 24.3 Å². The summed E-state index contributed by atoms with van der Waals surface area (Å²) in [5.74, 6) is 0.912. The second-order valence-electron chi connectivity index (χ2n) is 5.44. The van der Waals surface area contributed by atoms with E-state index in [-0.39, 0.29) is 12.1 Å². The van der Waals surface area contributed by atoms with Crippen molar-refractivity contribution in [1.29, 1.82) is 0 Å². The number of nitrogens with zero attached hydrogens (tertiary/aromatic N) is 1. The molecule has 0 aliphatic carbocycles. The van der Waals surface area contributed by atoms with Crippen molar-refractivity contribution in [2.24, 2.45) is 5.73 Å². The van der Waals surface area contributed by atoms with Crippen LogP contribution in [0.3, 0.4) is 0 Å². The molecule has 1 aromatic rings. The van der Waals surface area contributed by atoms with Gasteiger partial charge in [0.25, 0.3) is 0 Å². The summed E-state index contributed by atoms with van der Waals surface area (Å²) in [7, 11) is 0. The van der Waals surface area contributed by atoms with Gasteiger partial charge in [-0.2, -0.15) is 0 Å². The lowest BCUT2D eigenvalue weighted by atomic mass is 10.0. The van der Waals surface area contributed by atoms with E-state index in [1.807, 2.05) is 19.1 Å². The Kier molecular flexibility index (Phi) is 5.40. The first-order chi connectivity index (χ1) is 9.65. The SMILES string of the molecule is CCOc1ccc(C(CN)N2CC(C)OCC2C)cc1. The maximum atomic E-state index is 6.03. The van der Waals surface area contributed by atoms with Gasteiger partial charge in [0.1, 0.15) is 5.75 Å². The number of morpholine rings is 1. The van der Waals surface area contributed by atoms with Gasteiger partial charge in [-0.25, -0.2) is 0 Å². The third-order valence-electron chi connectivity index (χ3n) is 3.86. The Morgan fingerprint density at radius 3 is 2.65 bits per heavy atom. The maximum Gasteiger partial charge on any atom is 0.119 e. The number of nitrogens with two attached hydrogens (primary N) is 1. The third kappa shape index (κ3) is 3.51. The second-order valence-corrected chi connectivity index (χ2v) is 5.44. The van der Waals surface area contributed by atoms with E-state index in [1.54, 1.807) is 0 Å². The molecule has 0 saturated carbocycles. The monoisotopic (exact) mass is 278 g/mol. The van der Waals surface area contributed by atoms with Crippen LogP contribution in [0.1, 0.15) is 32.4 Å². The Labute approximate surface area is 121 Å². The number of hydrogen-bond acceptors (Lipinski definition) is 4. The van der Waals surface area contributed by atoms with Gasteiger partial charge < -0.3 is 15.2 Å². The van der Waals surface area contributed by atoms with Crippen LogP contribution in [0.2, 0.25) is 0 Å². The molecule has 3 atom stereocenters. The zero-order valence-corrected chi connectivity index (χ0v) is 12.7. The van der Waals surface area contributed by atoms with Crippen molar-refractivity contribution in [3.8, 4) is 5.75 Å². The fourth-order valence-electron chi connectivity index (χ4n) is 2.78. The lowest BCUT2D eigenvalue weighted by Gasteiger charge is -2.41. The van der Waals surface area contributed by atoms with Crippen LogP contribution < -0.4 is 10.5 Å². The van der Waals surface area contributed by atoms with E-state index >= 15 is 0 Å². The molecular weight excluding hydrogens is 252 g/mol. The summed E-state index contributed by atoms with van der Waals surface area (Å²) < 4.78 is 11.2. The Bertz CT molecular complexity index is 407. The van der Waals surface area contributed by atoms with Gasteiger partial charge in [0.2, 0.25) is 0 Å². The van der Waals surface area contributed by atoms with Crippen LogP contribution >= 0.6 is 0 Å². The molecule has 0 aromatic heterocycles. The predicted molar refractivity (Wildman–Crippen MR) is 81.0 cm³/mol. The second kappa shape index (κ2) is 7.07. The number of ether oxygens (including phenoxy) is 2. The van der Waals surface area contributed by atoms with Crippen molar-refractivity contribution in [3.05, 3.63) is 29.8 Å². The number of hydrogen-bond donors (Lipinski definition) is 1. The zero-order valence-electron chi connectivity index (χ0n) is 12.7. The summed E-state index contributed by atoms with van der Waals surface area (Å²) in [6.45, 7) is 9.31. The Hall–Kier alpha value is -1.10. The number of benzene rings is 1. The van der Waals surface area contributed by atoms with Gasteiger partial charge in [-0.15, -0.1) is 0 Å². The summed E-state index contributed by atoms with van der Waals surface area (Å²) in [5.41, 5.74) is 7.27. The van der Waals surface area contributed by atoms with Gasteiger partial charge in [-0.1, -0.05) is 12.1 Å². The van der Waals surface area contributed by atoms with Crippen LogP contribution in [0.4, 0.5) is 0 Å². The van der Waals surface area contributed by atoms with Gasteiger partial charge in [0.05, 0.1) is 19.3 Å². The quantitative estimate of drug-likeness (QED) is 0.897. The molecule has 0 spiro atoms. The molecule has 1 fully saturated rings. The van der Waals surface area contributed by atoms with Crippen LogP contribution in [0.25, 0.3) is 0 Å². The normalized spacial score (nSPS) is 25.4. The van der Waals surface area contributed by atoms with E-state index in [0.29, 0.717) is 19.2 Å². The molecule has 4 heteroatoms. The average molecular weight is 278 g/mol. The minimum absolute atomic E-state index is 0.243. The van der Waals surface area contributed by atoms with E-state index in [1.165, 1.54) is 5.56 Å². The van der Waals surface area contributed by atoms with Gasteiger partial charge in [0.15, 0.2) is 0 Å². The average Bonchev–Trinajstić information content (AvgIpc) is 2.45. The fraction of sp³-hybridized carbons (Fsp3) is 0.625. The standard InChI is InChI=1S/C16H26N2O2/c1-4-19-15-7-5-14(6-8-15)16(9-17)18-10-13(3)20-11-12(18)2/h5-8,12-13,16H,4,9-11,17H2,1-3H3. The van der Waals surface area contributed by atoms with Crippen molar-refractivity contribution in [1.82, 2.24) is 4.90 Å². The Morgan fingerprint density at radius 2 is 2.05 bits per heavy atom. The Morgan fingerprint density at radius 1 is 1.35 bits per heavy atom. The van der Waals surface area contributed by atoms with E-state index < -0.39 is 0 Å². The molecule has 1 heterocycles. The van der Waals surface area contributed by atoms with Gasteiger partial charge in [-0.3, -0.25) is 4.90 Å². The minimum atomic E-state index is 0.243. The van der Waals surface area contributed by atoms with Crippen molar-refractivity contribution in [2.45, 2.75) is 39.0 Å². The van der Waals surface area contributed by atoms with Crippen molar-refractivity contribution < 1.29 is 9.47 Å². The highest BCUT2D eigenvalue weighted by Gasteiger charge is 2.29. The van der Waals surface area contributed by atoms with E-state index in [0.717, 1.165) is 18.9 Å². The molecule has 1 saturated heterocycles. The summed E-state index contributed by atoms with van der Waals surface area (Å²) in [5, 5.41) is 0.